The van der Waals surface area contributed by atoms with Crippen LogP contribution in [-0.4, -0.2) is 41.6 Å². The first-order valence-corrected chi connectivity index (χ1v) is 7.44. The van der Waals surface area contributed by atoms with E-state index in [0.717, 1.165) is 37.1 Å². The van der Waals surface area contributed by atoms with Gasteiger partial charge in [-0.1, -0.05) is 25.1 Å². The Morgan fingerprint density at radius 1 is 1.35 bits per heavy atom. The maximum Gasteiger partial charge on any atom is 0.122 e. The lowest BCUT2D eigenvalue weighted by atomic mass is 9.99. The van der Waals surface area contributed by atoms with Gasteiger partial charge in [0, 0.05) is 18.6 Å². The van der Waals surface area contributed by atoms with Crippen molar-refractivity contribution in [2.45, 2.75) is 44.2 Å². The molecule has 4 nitrogen and oxygen atoms in total. The van der Waals surface area contributed by atoms with E-state index in [1.54, 1.807) is 0 Å². The molecule has 20 heavy (non-hydrogen) atoms. The van der Waals surface area contributed by atoms with E-state index in [4.69, 9.17) is 9.84 Å². The minimum absolute atomic E-state index is 0.126. The fraction of sp³-hybridized carbons (Fsp3) is 0.625. The van der Waals surface area contributed by atoms with Gasteiger partial charge < -0.3 is 20.3 Å². The Labute approximate surface area is 120 Å². The Kier molecular flexibility index (Phi) is 5.40. The van der Waals surface area contributed by atoms with Crippen molar-refractivity contribution < 1.29 is 14.9 Å². The maximum absolute atomic E-state index is 9.62. The summed E-state index contributed by atoms with van der Waals surface area (Å²) in [6, 6.07) is 7.86. The van der Waals surface area contributed by atoms with Crippen LogP contribution in [-0.2, 0) is 6.42 Å². The molecule has 2 unspecified atom stereocenters. The van der Waals surface area contributed by atoms with Gasteiger partial charge in [0.25, 0.3) is 0 Å². The molecular weight excluding hydrogens is 254 g/mol. The molecule has 2 atom stereocenters. The van der Waals surface area contributed by atoms with Crippen LogP contribution in [0.4, 0.5) is 0 Å². The first-order chi connectivity index (χ1) is 9.73. The highest BCUT2D eigenvalue weighted by atomic mass is 16.5. The van der Waals surface area contributed by atoms with Gasteiger partial charge in [-0.15, -0.1) is 0 Å². The molecule has 3 N–H and O–H groups in total. The molecule has 0 spiro atoms. The number of rotatable bonds is 7. The van der Waals surface area contributed by atoms with Crippen molar-refractivity contribution in [1.82, 2.24) is 5.32 Å². The second-order valence-corrected chi connectivity index (χ2v) is 5.53. The molecule has 2 rings (SSSR count). The highest BCUT2D eigenvalue weighted by Gasteiger charge is 2.39. The number of hydrogen-bond donors (Lipinski definition) is 3. The predicted octanol–water partition coefficient (Wildman–Crippen LogP) is 1.49. The Morgan fingerprint density at radius 2 is 2.15 bits per heavy atom. The maximum atomic E-state index is 9.62. The van der Waals surface area contributed by atoms with Crippen LogP contribution in [0.3, 0.4) is 0 Å². The smallest absolute Gasteiger partial charge is 0.122 e. The monoisotopic (exact) mass is 279 g/mol. The van der Waals surface area contributed by atoms with Crippen LogP contribution < -0.4 is 10.1 Å². The van der Waals surface area contributed by atoms with Crippen LogP contribution in [0.1, 0.15) is 31.7 Å². The first kappa shape index (κ1) is 15.3. The average molecular weight is 279 g/mol. The molecule has 0 amide bonds. The zero-order chi connectivity index (χ0) is 14.4. The van der Waals surface area contributed by atoms with Gasteiger partial charge in [0.2, 0.25) is 0 Å². The summed E-state index contributed by atoms with van der Waals surface area (Å²) in [4.78, 5) is 0. The third-order valence-electron chi connectivity index (χ3n) is 4.07. The summed E-state index contributed by atoms with van der Waals surface area (Å²) in [6.07, 6.45) is 3.44. The Balaban J connectivity index is 2.01. The van der Waals surface area contributed by atoms with Gasteiger partial charge >= 0.3 is 0 Å². The number of hydrogen-bond acceptors (Lipinski definition) is 4. The van der Waals surface area contributed by atoms with E-state index in [0.29, 0.717) is 6.42 Å². The van der Waals surface area contributed by atoms with Crippen LogP contribution in [0, 0.1) is 0 Å². The van der Waals surface area contributed by atoms with Crippen LogP contribution in [0.25, 0.3) is 0 Å². The number of ether oxygens (including phenoxy) is 1. The molecule has 0 aromatic heterocycles. The molecule has 0 radical (unpaired) electrons. The van der Waals surface area contributed by atoms with Crippen molar-refractivity contribution >= 4 is 0 Å². The lowest BCUT2D eigenvalue weighted by Crippen LogP contribution is -2.46. The molecule has 112 valence electrons. The molecule has 1 aromatic carbocycles. The van der Waals surface area contributed by atoms with E-state index < -0.39 is 0 Å². The SMILES string of the molecule is CCNC1(CO)CCC(Oc2ccccc2CCO)C1. The van der Waals surface area contributed by atoms with E-state index in [-0.39, 0.29) is 24.9 Å². The summed E-state index contributed by atoms with van der Waals surface area (Å²) in [6.45, 7) is 3.19. The number of likely N-dealkylation sites (N-methyl/N-ethyl adjacent to an activating group) is 1. The highest BCUT2D eigenvalue weighted by Crippen LogP contribution is 2.33. The van der Waals surface area contributed by atoms with Gasteiger partial charge in [-0.3, -0.25) is 0 Å². The van der Waals surface area contributed by atoms with Gasteiger partial charge in [-0.05, 0) is 37.4 Å². The first-order valence-electron chi connectivity index (χ1n) is 7.44. The van der Waals surface area contributed by atoms with Crippen LogP contribution >= 0.6 is 0 Å². The fourth-order valence-electron chi connectivity index (χ4n) is 3.04. The summed E-state index contributed by atoms with van der Waals surface area (Å²) >= 11 is 0. The molecular formula is C16H25NO3. The van der Waals surface area contributed by atoms with Gasteiger partial charge in [0.15, 0.2) is 0 Å². The van der Waals surface area contributed by atoms with E-state index in [9.17, 15) is 5.11 Å². The van der Waals surface area contributed by atoms with Crippen molar-refractivity contribution in [3.63, 3.8) is 0 Å². The summed E-state index contributed by atoms with van der Waals surface area (Å²) in [7, 11) is 0. The normalized spacial score (nSPS) is 25.9. The van der Waals surface area contributed by atoms with Crippen molar-refractivity contribution in [2.24, 2.45) is 0 Å². The molecule has 0 heterocycles. The van der Waals surface area contributed by atoms with Gasteiger partial charge in [0.05, 0.1) is 6.61 Å². The quantitative estimate of drug-likeness (QED) is 0.708. The second kappa shape index (κ2) is 7.07. The van der Waals surface area contributed by atoms with Crippen molar-refractivity contribution in [2.75, 3.05) is 19.8 Å². The van der Waals surface area contributed by atoms with Crippen molar-refractivity contribution in [3.8, 4) is 5.75 Å². The fourth-order valence-corrected chi connectivity index (χ4v) is 3.04. The van der Waals surface area contributed by atoms with Gasteiger partial charge in [0.1, 0.15) is 11.9 Å². The van der Waals surface area contributed by atoms with E-state index in [2.05, 4.69) is 12.2 Å². The number of para-hydroxylation sites is 1. The summed E-state index contributed by atoms with van der Waals surface area (Å²) in [5, 5.41) is 22.1. The minimum atomic E-state index is -0.189. The van der Waals surface area contributed by atoms with Crippen LogP contribution in [0.15, 0.2) is 24.3 Å². The predicted molar refractivity (Wildman–Crippen MR) is 79.0 cm³/mol. The third-order valence-corrected chi connectivity index (χ3v) is 4.07. The lowest BCUT2D eigenvalue weighted by Gasteiger charge is -2.28. The summed E-state index contributed by atoms with van der Waals surface area (Å²) in [5.41, 5.74) is 0.852. The molecule has 1 aromatic rings. The molecule has 1 saturated carbocycles. The number of benzene rings is 1. The average Bonchev–Trinajstić information content (AvgIpc) is 2.85. The molecule has 4 heteroatoms. The van der Waals surface area contributed by atoms with E-state index >= 15 is 0 Å². The number of aliphatic hydroxyl groups is 2. The Hall–Kier alpha value is -1.10. The third kappa shape index (κ3) is 3.51. The minimum Gasteiger partial charge on any atom is -0.490 e. The van der Waals surface area contributed by atoms with Gasteiger partial charge in [-0.2, -0.15) is 0 Å². The van der Waals surface area contributed by atoms with Crippen LogP contribution in [0.2, 0.25) is 0 Å². The topological polar surface area (TPSA) is 61.7 Å². The number of aliphatic hydroxyl groups excluding tert-OH is 2. The van der Waals surface area contributed by atoms with Gasteiger partial charge in [-0.25, -0.2) is 0 Å². The molecule has 1 aliphatic rings. The molecule has 0 aliphatic heterocycles. The summed E-state index contributed by atoms with van der Waals surface area (Å²) in [5.74, 6) is 0.858. The second-order valence-electron chi connectivity index (χ2n) is 5.53. The van der Waals surface area contributed by atoms with Crippen molar-refractivity contribution in [3.05, 3.63) is 29.8 Å². The molecule has 1 fully saturated rings. The van der Waals surface area contributed by atoms with Crippen molar-refractivity contribution in [1.29, 1.82) is 0 Å². The zero-order valence-corrected chi connectivity index (χ0v) is 12.1. The standard InChI is InChI=1S/C16H25NO3/c1-2-17-16(12-19)9-7-14(11-16)20-15-6-4-3-5-13(15)8-10-18/h3-6,14,17-19H,2,7-12H2,1H3. The Bertz CT molecular complexity index is 424. The largest absolute Gasteiger partial charge is 0.490 e. The van der Waals surface area contributed by atoms with E-state index in [1.807, 2.05) is 24.3 Å². The Morgan fingerprint density at radius 3 is 2.85 bits per heavy atom. The molecule has 0 saturated heterocycles. The number of nitrogens with one attached hydrogen (secondary N) is 1. The van der Waals surface area contributed by atoms with E-state index in [1.165, 1.54) is 0 Å². The molecule has 1 aliphatic carbocycles. The highest BCUT2D eigenvalue weighted by molar-refractivity contribution is 5.33. The molecule has 0 bridgehead atoms. The van der Waals surface area contributed by atoms with Crippen LogP contribution in [0.5, 0.6) is 5.75 Å². The lowest BCUT2D eigenvalue weighted by molar-refractivity contribution is 0.141. The summed E-state index contributed by atoms with van der Waals surface area (Å²) < 4.78 is 6.10. The zero-order valence-electron chi connectivity index (χ0n) is 12.1.